The predicted molar refractivity (Wildman–Crippen MR) is 93.4 cm³/mol. The number of esters is 1. The Hall–Kier alpha value is -0.970. The number of aliphatic hydroxyl groups is 8. The molecule has 176 valence electrons. The molecule has 13 heteroatoms. The summed E-state index contributed by atoms with van der Waals surface area (Å²) in [6, 6.07) is 0. The third-order valence-corrected chi connectivity index (χ3v) is 5.51. The van der Waals surface area contributed by atoms with Gasteiger partial charge in [0.1, 0.15) is 36.6 Å². The molecule has 2 saturated heterocycles. The van der Waals surface area contributed by atoms with Gasteiger partial charge >= 0.3 is 5.97 Å². The molecule has 0 saturated carbocycles. The maximum atomic E-state index is 12.5. The van der Waals surface area contributed by atoms with Crippen molar-refractivity contribution >= 4 is 5.97 Å². The molecule has 0 aliphatic carbocycles. The first-order valence-electron chi connectivity index (χ1n) is 9.42. The highest BCUT2D eigenvalue weighted by Crippen LogP contribution is 2.37. The molecule has 0 aromatic carbocycles. The molecule has 0 spiro atoms. The van der Waals surface area contributed by atoms with Crippen LogP contribution in [-0.4, -0.2) is 128 Å². The molecule has 2 rings (SSSR count). The number of hydrogen-bond donors (Lipinski definition) is 8. The second kappa shape index (κ2) is 10.1. The van der Waals surface area contributed by atoms with Crippen LogP contribution in [-0.2, 0) is 23.7 Å². The van der Waals surface area contributed by atoms with Crippen LogP contribution in [0.25, 0.3) is 0 Å². The summed E-state index contributed by atoms with van der Waals surface area (Å²) >= 11 is 0. The van der Waals surface area contributed by atoms with Crippen molar-refractivity contribution in [2.24, 2.45) is 5.92 Å². The summed E-state index contributed by atoms with van der Waals surface area (Å²) in [6.07, 6.45) is -14.8. The highest BCUT2D eigenvalue weighted by Gasteiger charge is 2.55. The molecule has 13 nitrogen and oxygen atoms in total. The number of hydrogen-bond acceptors (Lipinski definition) is 13. The van der Waals surface area contributed by atoms with Gasteiger partial charge in [-0.3, -0.25) is 0 Å². The van der Waals surface area contributed by atoms with E-state index in [4.69, 9.17) is 19.3 Å². The van der Waals surface area contributed by atoms with Crippen molar-refractivity contribution in [1.82, 2.24) is 0 Å². The molecule has 2 fully saturated rings. The van der Waals surface area contributed by atoms with E-state index in [-0.39, 0.29) is 0 Å². The smallest absolute Gasteiger partial charge is 0.366 e. The van der Waals surface area contributed by atoms with E-state index in [0.29, 0.717) is 0 Å². The Bertz CT molecular complexity index is 576. The molecular formula is C17H30O13. The largest absolute Gasteiger partial charge is 0.465 e. The monoisotopic (exact) mass is 442 g/mol. The highest BCUT2D eigenvalue weighted by atomic mass is 16.7. The van der Waals surface area contributed by atoms with Crippen LogP contribution in [0.5, 0.6) is 0 Å². The standard InChI is InChI=1S/C17H30O13/c1-6-7(19)3-17(16(26)27-2,30-14(6)10(21)8(20)4-18)28-5-9-11(22)12(23)13(24)15(25)29-9/h6-15,18-25H,3-5H2,1-2H3/t6-,7-,8-,9?,10-,11-,12+,13?,14?,15?,17-/m1/s1. The Morgan fingerprint density at radius 3 is 2.33 bits per heavy atom. The molecule has 0 bridgehead atoms. The number of aliphatic hydroxyl groups excluding tert-OH is 8. The average Bonchev–Trinajstić information content (AvgIpc) is 2.74. The zero-order chi connectivity index (χ0) is 22.8. The summed E-state index contributed by atoms with van der Waals surface area (Å²) < 4.78 is 20.8. The quantitative estimate of drug-likeness (QED) is 0.174. The Morgan fingerprint density at radius 1 is 1.13 bits per heavy atom. The van der Waals surface area contributed by atoms with Crippen LogP contribution in [0.15, 0.2) is 0 Å². The van der Waals surface area contributed by atoms with Crippen molar-refractivity contribution in [2.45, 2.75) is 74.3 Å². The molecule has 8 N–H and O–H groups in total. The lowest BCUT2D eigenvalue weighted by Gasteiger charge is -2.46. The van der Waals surface area contributed by atoms with Crippen LogP contribution in [0.3, 0.4) is 0 Å². The van der Waals surface area contributed by atoms with Gasteiger partial charge in [0.15, 0.2) is 6.29 Å². The normalized spacial score (nSPS) is 44.3. The van der Waals surface area contributed by atoms with E-state index >= 15 is 0 Å². The van der Waals surface area contributed by atoms with Gasteiger partial charge in [-0.2, -0.15) is 0 Å². The molecule has 2 aliphatic rings. The van der Waals surface area contributed by atoms with E-state index in [2.05, 4.69) is 4.74 Å². The summed E-state index contributed by atoms with van der Waals surface area (Å²) in [6.45, 7) is 0.0334. The predicted octanol–water partition coefficient (Wildman–Crippen LogP) is -4.83. The Kier molecular flexibility index (Phi) is 8.51. The second-order valence-electron chi connectivity index (χ2n) is 7.55. The summed E-state index contributed by atoms with van der Waals surface area (Å²) in [7, 11) is 1.02. The number of rotatable bonds is 7. The van der Waals surface area contributed by atoms with E-state index in [0.717, 1.165) is 7.11 Å². The van der Waals surface area contributed by atoms with Crippen LogP contribution in [0, 0.1) is 5.92 Å². The second-order valence-corrected chi connectivity index (χ2v) is 7.55. The molecule has 2 heterocycles. The first-order valence-corrected chi connectivity index (χ1v) is 9.42. The summed E-state index contributed by atoms with van der Waals surface area (Å²) in [4.78, 5) is 12.5. The van der Waals surface area contributed by atoms with Gasteiger partial charge in [-0.15, -0.1) is 0 Å². The fourth-order valence-corrected chi connectivity index (χ4v) is 3.49. The molecular weight excluding hydrogens is 412 g/mol. The topological polar surface area (TPSA) is 216 Å². The molecule has 30 heavy (non-hydrogen) atoms. The highest BCUT2D eigenvalue weighted by molar-refractivity contribution is 5.78. The molecule has 0 aromatic heterocycles. The van der Waals surface area contributed by atoms with Crippen molar-refractivity contribution in [3.05, 3.63) is 0 Å². The maximum Gasteiger partial charge on any atom is 0.366 e. The lowest BCUT2D eigenvalue weighted by atomic mass is 9.84. The number of carbonyl (C=O) groups excluding carboxylic acids is 1. The minimum atomic E-state index is -2.30. The van der Waals surface area contributed by atoms with Crippen molar-refractivity contribution in [3.63, 3.8) is 0 Å². The van der Waals surface area contributed by atoms with E-state index < -0.39 is 92.4 Å². The van der Waals surface area contributed by atoms with Crippen LogP contribution in [0.1, 0.15) is 13.3 Å². The molecule has 11 atom stereocenters. The van der Waals surface area contributed by atoms with E-state index in [1.165, 1.54) is 6.92 Å². The van der Waals surface area contributed by atoms with Gasteiger partial charge in [0.2, 0.25) is 0 Å². The minimum Gasteiger partial charge on any atom is -0.465 e. The first kappa shape index (κ1) is 25.3. The number of ether oxygens (including phenoxy) is 4. The van der Waals surface area contributed by atoms with Crippen molar-refractivity contribution < 1.29 is 64.6 Å². The number of carbonyl (C=O) groups is 1. The zero-order valence-corrected chi connectivity index (χ0v) is 16.5. The van der Waals surface area contributed by atoms with Crippen LogP contribution < -0.4 is 0 Å². The molecule has 0 aromatic rings. The fraction of sp³-hybridized carbons (Fsp3) is 0.941. The van der Waals surface area contributed by atoms with Gasteiger partial charge in [-0.05, 0) is 0 Å². The van der Waals surface area contributed by atoms with Gasteiger partial charge in [-0.1, -0.05) is 6.92 Å². The van der Waals surface area contributed by atoms with Crippen molar-refractivity contribution in [3.8, 4) is 0 Å². The summed E-state index contributed by atoms with van der Waals surface area (Å²) in [5, 5.41) is 78.5. The average molecular weight is 442 g/mol. The van der Waals surface area contributed by atoms with Gasteiger partial charge in [0.05, 0.1) is 32.5 Å². The van der Waals surface area contributed by atoms with Crippen molar-refractivity contribution in [2.75, 3.05) is 20.3 Å². The van der Waals surface area contributed by atoms with Crippen LogP contribution in [0.2, 0.25) is 0 Å². The summed E-state index contributed by atoms with van der Waals surface area (Å²) in [5.41, 5.74) is 0. The third-order valence-electron chi connectivity index (χ3n) is 5.51. The van der Waals surface area contributed by atoms with Crippen LogP contribution >= 0.6 is 0 Å². The Morgan fingerprint density at radius 2 is 1.77 bits per heavy atom. The maximum absolute atomic E-state index is 12.5. The fourth-order valence-electron chi connectivity index (χ4n) is 3.49. The molecule has 2 aliphatic heterocycles. The Balaban J connectivity index is 2.23. The van der Waals surface area contributed by atoms with Gasteiger partial charge in [0.25, 0.3) is 5.79 Å². The SMILES string of the molecule is COC(=O)[C@@]1(OCC2OC(O)C(O)[C@@H](O)[C@@H]2O)C[C@@H](O)[C@@H](C)C([C@H](O)[C@H](O)CO)O1. The van der Waals surface area contributed by atoms with Gasteiger partial charge in [-0.25, -0.2) is 4.79 Å². The molecule has 0 radical (unpaired) electrons. The van der Waals surface area contributed by atoms with Crippen molar-refractivity contribution in [1.29, 1.82) is 0 Å². The molecule has 4 unspecified atom stereocenters. The minimum absolute atomic E-state index is 0.449. The lowest BCUT2D eigenvalue weighted by Crippen LogP contribution is -2.63. The molecule has 0 amide bonds. The zero-order valence-electron chi connectivity index (χ0n) is 16.5. The lowest BCUT2D eigenvalue weighted by molar-refractivity contribution is -0.339. The number of methoxy groups -OCH3 is 1. The Labute approximate surface area is 172 Å². The summed E-state index contributed by atoms with van der Waals surface area (Å²) in [5.74, 6) is -4.18. The van der Waals surface area contributed by atoms with Crippen LogP contribution in [0.4, 0.5) is 0 Å². The third kappa shape index (κ3) is 4.92. The first-order chi connectivity index (χ1) is 14.0. The van der Waals surface area contributed by atoms with Gasteiger partial charge in [0, 0.05) is 12.3 Å². The van der Waals surface area contributed by atoms with E-state index in [1.807, 2.05) is 0 Å². The van der Waals surface area contributed by atoms with E-state index in [1.54, 1.807) is 0 Å². The van der Waals surface area contributed by atoms with E-state index in [9.17, 15) is 40.5 Å². The van der Waals surface area contributed by atoms with Gasteiger partial charge < -0.3 is 59.8 Å².